The van der Waals surface area contributed by atoms with E-state index in [1.807, 2.05) is 0 Å². The average molecular weight is 170 g/mol. The molecule has 1 N–H and O–H groups in total. The number of aliphatic hydroxyl groups is 1. The molecule has 4 aliphatic rings. The highest BCUT2D eigenvalue weighted by molar-refractivity contribution is 8.00. The van der Waals surface area contributed by atoms with Crippen LogP contribution < -0.4 is 0 Å². The van der Waals surface area contributed by atoms with Gasteiger partial charge in [0, 0.05) is 10.5 Å². The Bertz CT molecular complexity index is 152. The predicted molar refractivity (Wildman–Crippen MR) is 46.6 cm³/mol. The van der Waals surface area contributed by atoms with Crippen molar-refractivity contribution in [2.45, 2.75) is 42.3 Å². The molecule has 0 aromatic carbocycles. The van der Waals surface area contributed by atoms with Crippen molar-refractivity contribution in [2.24, 2.45) is 11.8 Å². The quantitative estimate of drug-likeness (QED) is 0.596. The lowest BCUT2D eigenvalue weighted by Crippen LogP contribution is -2.50. The van der Waals surface area contributed by atoms with Crippen LogP contribution >= 0.6 is 11.8 Å². The molecule has 0 aromatic rings. The zero-order valence-corrected chi connectivity index (χ0v) is 7.39. The number of aliphatic hydroxyl groups excluding tert-OH is 1. The maximum Gasteiger partial charge on any atom is 0.0687 e. The van der Waals surface area contributed by atoms with Gasteiger partial charge in [0.15, 0.2) is 0 Å². The molecule has 62 valence electrons. The second kappa shape index (κ2) is 2.17. The van der Waals surface area contributed by atoms with E-state index in [-0.39, 0.29) is 6.10 Å². The van der Waals surface area contributed by atoms with Crippen molar-refractivity contribution in [2.75, 3.05) is 0 Å². The van der Waals surface area contributed by atoms with Gasteiger partial charge in [-0.3, -0.25) is 0 Å². The fraction of sp³-hybridized carbons (Fsp3) is 1.00. The molecule has 4 fully saturated rings. The van der Waals surface area contributed by atoms with E-state index >= 15 is 0 Å². The molecular formula is C9H14OS. The number of hydrogen-bond donors (Lipinski definition) is 1. The first-order valence-corrected chi connectivity index (χ1v) is 5.61. The van der Waals surface area contributed by atoms with Gasteiger partial charge in [0.2, 0.25) is 0 Å². The van der Waals surface area contributed by atoms with Crippen molar-refractivity contribution in [1.82, 2.24) is 0 Å². The summed E-state index contributed by atoms with van der Waals surface area (Å²) in [5, 5.41) is 11.3. The Morgan fingerprint density at radius 1 is 1.09 bits per heavy atom. The highest BCUT2D eigenvalue weighted by atomic mass is 32.2. The van der Waals surface area contributed by atoms with Crippen LogP contribution in [0.2, 0.25) is 0 Å². The van der Waals surface area contributed by atoms with Crippen molar-refractivity contribution >= 4 is 11.8 Å². The van der Waals surface area contributed by atoms with E-state index < -0.39 is 0 Å². The molecule has 2 saturated carbocycles. The summed E-state index contributed by atoms with van der Waals surface area (Å²) in [5.41, 5.74) is 0. The summed E-state index contributed by atoms with van der Waals surface area (Å²) in [6, 6.07) is 0. The van der Waals surface area contributed by atoms with Crippen LogP contribution in [0, 0.1) is 11.8 Å². The van der Waals surface area contributed by atoms with E-state index in [1.54, 1.807) is 0 Å². The second-order valence-electron chi connectivity index (χ2n) is 4.36. The standard InChI is InChI=1S/C9H14OS/c10-9-6-1-5-2-7(4-6)11-8(9)3-5/h5-10H,1-4H2/t5-,6-,7?,8+,9-/m1/s1. The summed E-state index contributed by atoms with van der Waals surface area (Å²) in [4.78, 5) is 0. The Labute approximate surface area is 71.6 Å². The Kier molecular flexibility index (Phi) is 1.34. The first-order chi connectivity index (χ1) is 5.33. The monoisotopic (exact) mass is 170 g/mol. The van der Waals surface area contributed by atoms with Crippen molar-refractivity contribution < 1.29 is 5.11 Å². The molecule has 2 aliphatic heterocycles. The van der Waals surface area contributed by atoms with E-state index in [1.165, 1.54) is 25.7 Å². The molecule has 1 unspecified atom stereocenters. The topological polar surface area (TPSA) is 20.2 Å². The van der Waals surface area contributed by atoms with Crippen LogP contribution in [0.25, 0.3) is 0 Å². The molecule has 1 nitrogen and oxygen atoms in total. The summed E-state index contributed by atoms with van der Waals surface area (Å²) < 4.78 is 0. The molecule has 2 heteroatoms. The van der Waals surface area contributed by atoms with E-state index in [2.05, 4.69) is 11.8 Å². The molecule has 0 amide bonds. The third-order valence-electron chi connectivity index (χ3n) is 3.59. The van der Waals surface area contributed by atoms with Gasteiger partial charge in [0.05, 0.1) is 6.10 Å². The molecule has 2 heterocycles. The fourth-order valence-electron chi connectivity index (χ4n) is 3.16. The van der Waals surface area contributed by atoms with Crippen molar-refractivity contribution in [3.8, 4) is 0 Å². The summed E-state index contributed by atoms with van der Waals surface area (Å²) >= 11 is 2.07. The third-order valence-corrected chi connectivity index (χ3v) is 5.19. The molecule has 4 bridgehead atoms. The zero-order chi connectivity index (χ0) is 7.42. The SMILES string of the molecule is O[C@@H]1[C@H]2CC3C[C@@H](C2)C[C@@H]1S3. The van der Waals surface area contributed by atoms with Gasteiger partial charge in [0.25, 0.3) is 0 Å². The predicted octanol–water partition coefficient (Wildman–Crippen LogP) is 1.65. The van der Waals surface area contributed by atoms with E-state index in [0.717, 1.165) is 11.2 Å². The van der Waals surface area contributed by atoms with Gasteiger partial charge < -0.3 is 5.11 Å². The number of hydrogen-bond acceptors (Lipinski definition) is 2. The highest BCUT2D eigenvalue weighted by Crippen LogP contribution is 2.53. The molecule has 0 aromatic heterocycles. The highest BCUT2D eigenvalue weighted by Gasteiger charge is 2.48. The van der Waals surface area contributed by atoms with E-state index in [4.69, 9.17) is 0 Å². The third kappa shape index (κ3) is 0.888. The normalized spacial score (nSPS) is 60.3. The van der Waals surface area contributed by atoms with Crippen LogP contribution in [0.5, 0.6) is 0 Å². The molecule has 5 atom stereocenters. The minimum atomic E-state index is 0.0489. The first kappa shape index (κ1) is 6.79. The van der Waals surface area contributed by atoms with Gasteiger partial charge in [-0.1, -0.05) is 0 Å². The molecule has 0 spiro atoms. The van der Waals surface area contributed by atoms with E-state index in [9.17, 15) is 5.11 Å². The fourth-order valence-corrected chi connectivity index (χ4v) is 5.17. The molecule has 2 aliphatic carbocycles. The van der Waals surface area contributed by atoms with Crippen LogP contribution in [0.1, 0.15) is 25.7 Å². The maximum absolute atomic E-state index is 9.81. The van der Waals surface area contributed by atoms with Gasteiger partial charge in [-0.25, -0.2) is 0 Å². The number of thioether (sulfide) groups is 1. The minimum absolute atomic E-state index is 0.0489. The molecule has 4 rings (SSSR count). The van der Waals surface area contributed by atoms with E-state index in [0.29, 0.717) is 11.2 Å². The van der Waals surface area contributed by atoms with Crippen molar-refractivity contribution in [1.29, 1.82) is 0 Å². The molecular weight excluding hydrogens is 156 g/mol. The Morgan fingerprint density at radius 3 is 2.73 bits per heavy atom. The lowest BCUT2D eigenvalue weighted by Gasteiger charge is -2.51. The zero-order valence-electron chi connectivity index (χ0n) is 6.57. The van der Waals surface area contributed by atoms with Crippen molar-refractivity contribution in [3.05, 3.63) is 0 Å². The van der Waals surface area contributed by atoms with Crippen LogP contribution in [-0.2, 0) is 0 Å². The maximum atomic E-state index is 9.81. The van der Waals surface area contributed by atoms with Gasteiger partial charge in [0.1, 0.15) is 0 Å². The lowest BCUT2D eigenvalue weighted by molar-refractivity contribution is 0.0203. The minimum Gasteiger partial charge on any atom is -0.392 e. The number of rotatable bonds is 0. The lowest BCUT2D eigenvalue weighted by atomic mass is 9.70. The van der Waals surface area contributed by atoms with Gasteiger partial charge in [-0.15, -0.1) is 0 Å². The Hall–Kier alpha value is 0.310. The molecule has 11 heavy (non-hydrogen) atoms. The summed E-state index contributed by atoms with van der Waals surface area (Å²) in [7, 11) is 0. The van der Waals surface area contributed by atoms with Gasteiger partial charge in [-0.2, -0.15) is 11.8 Å². The summed E-state index contributed by atoms with van der Waals surface area (Å²) in [6.07, 6.45) is 5.43. The summed E-state index contributed by atoms with van der Waals surface area (Å²) in [6.45, 7) is 0. The second-order valence-corrected chi connectivity index (χ2v) is 5.90. The van der Waals surface area contributed by atoms with Gasteiger partial charge >= 0.3 is 0 Å². The van der Waals surface area contributed by atoms with Crippen molar-refractivity contribution in [3.63, 3.8) is 0 Å². The van der Waals surface area contributed by atoms with Crippen LogP contribution in [-0.4, -0.2) is 21.7 Å². The smallest absolute Gasteiger partial charge is 0.0687 e. The molecule has 0 radical (unpaired) electrons. The Morgan fingerprint density at radius 2 is 2.00 bits per heavy atom. The van der Waals surface area contributed by atoms with Crippen LogP contribution in [0.3, 0.4) is 0 Å². The summed E-state index contributed by atoms with van der Waals surface area (Å²) in [5.74, 6) is 1.66. The largest absolute Gasteiger partial charge is 0.392 e. The Balaban J connectivity index is 1.91. The average Bonchev–Trinajstić information content (AvgIpc) is 1.98. The first-order valence-electron chi connectivity index (χ1n) is 4.66. The molecule has 2 saturated heterocycles. The van der Waals surface area contributed by atoms with Crippen LogP contribution in [0.4, 0.5) is 0 Å². The van der Waals surface area contributed by atoms with Gasteiger partial charge in [-0.05, 0) is 37.5 Å². The van der Waals surface area contributed by atoms with Crippen LogP contribution in [0.15, 0.2) is 0 Å².